The highest BCUT2D eigenvalue weighted by atomic mass is 16.4. The third-order valence-corrected chi connectivity index (χ3v) is 3.60. The van der Waals surface area contributed by atoms with Crippen LogP contribution in [0.2, 0.25) is 0 Å². The molecule has 2 rings (SSSR count). The molecule has 0 radical (unpaired) electrons. The average molecular weight is 251 g/mol. The quantitative estimate of drug-likeness (QED) is 0.891. The van der Waals surface area contributed by atoms with E-state index in [2.05, 4.69) is 6.92 Å². The van der Waals surface area contributed by atoms with Crippen molar-refractivity contribution in [2.75, 3.05) is 6.54 Å². The molecule has 1 fully saturated rings. The van der Waals surface area contributed by atoms with Crippen molar-refractivity contribution in [3.63, 3.8) is 0 Å². The summed E-state index contributed by atoms with van der Waals surface area (Å²) in [5.41, 5.74) is 0.413. The average Bonchev–Trinajstić information content (AvgIpc) is 2.91. The van der Waals surface area contributed by atoms with E-state index in [0.717, 1.165) is 12.8 Å². The Bertz CT molecular complexity index is 426. The Labute approximate surface area is 105 Å². The normalized spacial score (nSPS) is 23.9. The summed E-state index contributed by atoms with van der Waals surface area (Å²) < 4.78 is 4.87. The van der Waals surface area contributed by atoms with Crippen LogP contribution < -0.4 is 0 Å². The van der Waals surface area contributed by atoms with Gasteiger partial charge < -0.3 is 14.4 Å². The molecule has 0 spiro atoms. The Morgan fingerprint density at radius 1 is 1.56 bits per heavy atom. The van der Waals surface area contributed by atoms with Gasteiger partial charge in [-0.05, 0) is 24.8 Å². The number of carbonyl (C=O) groups excluding carboxylic acids is 1. The zero-order valence-corrected chi connectivity index (χ0v) is 10.3. The van der Waals surface area contributed by atoms with Crippen molar-refractivity contribution in [1.29, 1.82) is 0 Å². The summed E-state index contributed by atoms with van der Waals surface area (Å²) in [5.74, 6) is -0.796. The highest BCUT2D eigenvalue weighted by molar-refractivity contribution is 5.96. The first kappa shape index (κ1) is 12.7. The summed E-state index contributed by atoms with van der Waals surface area (Å²) in [4.78, 5) is 24.9. The van der Waals surface area contributed by atoms with Gasteiger partial charge in [0.2, 0.25) is 0 Å². The number of piperidine rings is 1. The monoisotopic (exact) mass is 251 g/mol. The number of nitrogens with zero attached hydrogens (tertiary/aromatic N) is 1. The van der Waals surface area contributed by atoms with Crippen LogP contribution in [-0.2, 0) is 4.79 Å². The van der Waals surface area contributed by atoms with Gasteiger partial charge in [-0.3, -0.25) is 4.79 Å². The van der Waals surface area contributed by atoms with Gasteiger partial charge in [-0.15, -0.1) is 0 Å². The predicted octanol–water partition coefficient (Wildman–Crippen LogP) is 1.99. The molecule has 1 aromatic heterocycles. The fourth-order valence-electron chi connectivity index (χ4n) is 2.44. The van der Waals surface area contributed by atoms with Gasteiger partial charge in [0.25, 0.3) is 5.91 Å². The lowest BCUT2D eigenvalue weighted by Crippen LogP contribution is -2.50. The maximum atomic E-state index is 12.2. The van der Waals surface area contributed by atoms with Crippen molar-refractivity contribution in [2.24, 2.45) is 5.92 Å². The van der Waals surface area contributed by atoms with E-state index in [1.54, 1.807) is 6.07 Å². The molecule has 5 nitrogen and oxygen atoms in total. The Kier molecular flexibility index (Phi) is 3.69. The lowest BCUT2D eigenvalue weighted by Gasteiger charge is -2.36. The van der Waals surface area contributed by atoms with Gasteiger partial charge in [0, 0.05) is 6.54 Å². The van der Waals surface area contributed by atoms with Crippen molar-refractivity contribution in [3.05, 3.63) is 24.2 Å². The number of carboxylic acids is 1. The number of furan rings is 1. The third kappa shape index (κ3) is 2.39. The van der Waals surface area contributed by atoms with E-state index < -0.39 is 12.0 Å². The van der Waals surface area contributed by atoms with Gasteiger partial charge in [0.05, 0.1) is 11.8 Å². The van der Waals surface area contributed by atoms with Crippen LogP contribution in [0.4, 0.5) is 0 Å². The number of carboxylic acid groups (broad SMARTS) is 1. The SMILES string of the molecule is CCC1CCN(C(=O)c2ccoc2)C(C(=O)O)C1. The number of hydrogen-bond acceptors (Lipinski definition) is 3. The second-order valence-electron chi connectivity index (χ2n) is 4.66. The summed E-state index contributed by atoms with van der Waals surface area (Å²) in [6.45, 7) is 2.55. The minimum Gasteiger partial charge on any atom is -0.480 e. The van der Waals surface area contributed by atoms with Crippen molar-refractivity contribution in [1.82, 2.24) is 4.90 Å². The minimum atomic E-state index is -0.926. The molecule has 0 aromatic carbocycles. The minimum absolute atomic E-state index is 0.259. The Balaban J connectivity index is 2.16. The molecule has 98 valence electrons. The van der Waals surface area contributed by atoms with Gasteiger partial charge in [-0.2, -0.15) is 0 Å². The molecule has 1 aliphatic heterocycles. The third-order valence-electron chi connectivity index (χ3n) is 3.60. The van der Waals surface area contributed by atoms with Gasteiger partial charge in [0.15, 0.2) is 0 Å². The molecule has 0 bridgehead atoms. The van der Waals surface area contributed by atoms with Crippen LogP contribution in [0.1, 0.15) is 36.5 Å². The second-order valence-corrected chi connectivity index (χ2v) is 4.66. The van der Waals surface area contributed by atoms with Gasteiger partial charge in [-0.25, -0.2) is 4.79 Å². The van der Waals surface area contributed by atoms with E-state index in [1.165, 1.54) is 17.4 Å². The number of hydrogen-bond donors (Lipinski definition) is 1. The largest absolute Gasteiger partial charge is 0.480 e. The lowest BCUT2D eigenvalue weighted by atomic mass is 9.88. The van der Waals surface area contributed by atoms with E-state index in [0.29, 0.717) is 24.4 Å². The molecule has 18 heavy (non-hydrogen) atoms. The van der Waals surface area contributed by atoms with Crippen LogP contribution in [0.15, 0.2) is 23.0 Å². The zero-order chi connectivity index (χ0) is 13.1. The summed E-state index contributed by atoms with van der Waals surface area (Å²) in [6.07, 6.45) is 5.13. The van der Waals surface area contributed by atoms with Crippen molar-refractivity contribution >= 4 is 11.9 Å². The van der Waals surface area contributed by atoms with Crippen LogP contribution >= 0.6 is 0 Å². The van der Waals surface area contributed by atoms with Crippen LogP contribution in [0, 0.1) is 5.92 Å². The molecular weight excluding hydrogens is 234 g/mol. The van der Waals surface area contributed by atoms with Crippen molar-refractivity contribution < 1.29 is 19.1 Å². The predicted molar refractivity (Wildman–Crippen MR) is 64.2 cm³/mol. The molecule has 2 unspecified atom stereocenters. The highest BCUT2D eigenvalue weighted by Crippen LogP contribution is 2.26. The Hall–Kier alpha value is -1.78. The van der Waals surface area contributed by atoms with Crippen molar-refractivity contribution in [3.8, 4) is 0 Å². The van der Waals surface area contributed by atoms with Crippen LogP contribution in [0.25, 0.3) is 0 Å². The molecule has 1 amide bonds. The lowest BCUT2D eigenvalue weighted by molar-refractivity contribution is -0.144. The molecule has 0 aliphatic carbocycles. The van der Waals surface area contributed by atoms with Crippen LogP contribution in [-0.4, -0.2) is 34.5 Å². The van der Waals surface area contributed by atoms with Gasteiger partial charge in [-0.1, -0.05) is 13.3 Å². The summed E-state index contributed by atoms with van der Waals surface area (Å²) in [6, 6.07) is 0.846. The van der Waals surface area contributed by atoms with E-state index in [-0.39, 0.29) is 5.91 Å². The van der Waals surface area contributed by atoms with Gasteiger partial charge >= 0.3 is 5.97 Å². The number of amides is 1. The smallest absolute Gasteiger partial charge is 0.326 e. The second kappa shape index (κ2) is 5.25. The number of likely N-dealkylation sites (tertiary alicyclic amines) is 1. The molecule has 1 saturated heterocycles. The fourth-order valence-corrected chi connectivity index (χ4v) is 2.44. The molecule has 1 N–H and O–H groups in total. The number of aliphatic carboxylic acids is 1. The number of carbonyl (C=O) groups is 2. The molecule has 2 atom stereocenters. The van der Waals surface area contributed by atoms with E-state index in [9.17, 15) is 14.7 Å². The maximum Gasteiger partial charge on any atom is 0.326 e. The topological polar surface area (TPSA) is 70.8 Å². The molecule has 1 aliphatic rings. The maximum absolute atomic E-state index is 12.2. The van der Waals surface area contributed by atoms with Crippen LogP contribution in [0.3, 0.4) is 0 Å². The summed E-state index contributed by atoms with van der Waals surface area (Å²) in [7, 11) is 0. The Morgan fingerprint density at radius 2 is 2.33 bits per heavy atom. The highest BCUT2D eigenvalue weighted by Gasteiger charge is 2.36. The van der Waals surface area contributed by atoms with E-state index in [1.807, 2.05) is 0 Å². The molecule has 0 saturated carbocycles. The molecular formula is C13H17NO4. The summed E-state index contributed by atoms with van der Waals surface area (Å²) in [5, 5.41) is 9.25. The zero-order valence-electron chi connectivity index (χ0n) is 10.3. The van der Waals surface area contributed by atoms with Crippen molar-refractivity contribution in [2.45, 2.75) is 32.2 Å². The fraction of sp³-hybridized carbons (Fsp3) is 0.538. The first-order valence-electron chi connectivity index (χ1n) is 6.19. The van der Waals surface area contributed by atoms with E-state index in [4.69, 9.17) is 4.42 Å². The first-order chi connectivity index (χ1) is 8.63. The van der Waals surface area contributed by atoms with Gasteiger partial charge in [0.1, 0.15) is 12.3 Å². The summed E-state index contributed by atoms with van der Waals surface area (Å²) >= 11 is 0. The van der Waals surface area contributed by atoms with Crippen LogP contribution in [0.5, 0.6) is 0 Å². The standard InChI is InChI=1S/C13H17NO4/c1-2-9-3-5-14(11(7-9)13(16)17)12(15)10-4-6-18-8-10/h4,6,8-9,11H,2-3,5,7H2,1H3,(H,16,17). The number of rotatable bonds is 3. The molecule has 2 heterocycles. The molecule has 5 heteroatoms. The first-order valence-corrected chi connectivity index (χ1v) is 6.19. The Morgan fingerprint density at radius 3 is 2.89 bits per heavy atom. The van der Waals surface area contributed by atoms with E-state index >= 15 is 0 Å². The molecule has 1 aromatic rings.